The lowest BCUT2D eigenvalue weighted by Gasteiger charge is -2.49. The molecule has 0 bridgehead atoms. The van der Waals surface area contributed by atoms with Crippen LogP contribution in [0.1, 0.15) is 93.1 Å². The molecule has 1 aromatic rings. The number of hydrogen-bond acceptors (Lipinski definition) is 7. The first-order chi connectivity index (χ1) is 16.9. The minimum absolute atomic E-state index is 0.0638. The Morgan fingerprint density at radius 2 is 1.72 bits per heavy atom. The van der Waals surface area contributed by atoms with E-state index >= 15 is 0 Å². The minimum atomic E-state index is -2.54. The maximum absolute atomic E-state index is 13.8. The van der Waals surface area contributed by atoms with Gasteiger partial charge in [0.2, 0.25) is 0 Å². The van der Waals surface area contributed by atoms with E-state index in [9.17, 15) is 34.2 Å². The van der Waals surface area contributed by atoms with Crippen LogP contribution in [0.3, 0.4) is 0 Å². The molecule has 4 aliphatic rings. The lowest BCUT2D eigenvalue weighted by molar-refractivity contribution is -0.175. The normalized spacial score (nSPS) is 33.4. The van der Waals surface area contributed by atoms with Gasteiger partial charge in [0.25, 0.3) is 0 Å². The summed E-state index contributed by atoms with van der Waals surface area (Å²) in [6, 6.07) is 3.22. The van der Waals surface area contributed by atoms with Crippen molar-refractivity contribution in [2.75, 3.05) is 0 Å². The molecule has 3 fully saturated rings. The zero-order chi connectivity index (χ0) is 26.2. The summed E-state index contributed by atoms with van der Waals surface area (Å²) in [5, 5.41) is 22.1. The minimum Gasteiger partial charge on any atom is -0.507 e. The Bertz CT molecular complexity index is 1190. The Morgan fingerprint density at radius 3 is 2.36 bits per heavy atom. The van der Waals surface area contributed by atoms with Gasteiger partial charge in [-0.05, 0) is 60.1 Å². The number of carbonyl (C=O) groups is 5. The van der Waals surface area contributed by atoms with Crippen LogP contribution in [0.4, 0.5) is 0 Å². The molecule has 192 valence electrons. The molecule has 7 heteroatoms. The smallest absolute Gasteiger partial charge is 0.190 e. The number of benzene rings is 1. The molecule has 0 spiro atoms. The number of fused-ring (bicyclic) bond motifs is 3. The monoisotopic (exact) mass is 494 g/mol. The van der Waals surface area contributed by atoms with E-state index in [0.717, 1.165) is 31.2 Å². The number of aromatic hydroxyl groups is 1. The number of ketones is 5. The third-order valence-electron chi connectivity index (χ3n) is 9.39. The maximum atomic E-state index is 13.8. The van der Waals surface area contributed by atoms with E-state index in [2.05, 4.69) is 0 Å². The third kappa shape index (κ3) is 3.53. The first-order valence-electron chi connectivity index (χ1n) is 13.1. The molecule has 0 saturated heterocycles. The molecule has 2 unspecified atom stereocenters. The van der Waals surface area contributed by atoms with Crippen molar-refractivity contribution in [1.29, 1.82) is 0 Å². The molecule has 4 aliphatic carbocycles. The van der Waals surface area contributed by atoms with Crippen LogP contribution in [0.5, 0.6) is 5.75 Å². The first-order valence-corrected chi connectivity index (χ1v) is 13.1. The van der Waals surface area contributed by atoms with Gasteiger partial charge in [0.05, 0.1) is 11.5 Å². The molecule has 7 nitrogen and oxygen atoms in total. The van der Waals surface area contributed by atoms with Crippen LogP contribution in [0, 0.1) is 29.1 Å². The van der Waals surface area contributed by atoms with Crippen LogP contribution < -0.4 is 0 Å². The van der Waals surface area contributed by atoms with E-state index in [1.54, 1.807) is 6.07 Å². The van der Waals surface area contributed by atoms with E-state index in [0.29, 0.717) is 12.0 Å². The fraction of sp³-hybridized carbons (Fsp3) is 0.621. The number of aliphatic hydroxyl groups is 1. The predicted molar refractivity (Wildman–Crippen MR) is 130 cm³/mol. The highest BCUT2D eigenvalue weighted by Crippen LogP contribution is 2.51. The van der Waals surface area contributed by atoms with E-state index in [1.165, 1.54) is 6.07 Å². The zero-order valence-corrected chi connectivity index (χ0v) is 21.1. The van der Waals surface area contributed by atoms with Gasteiger partial charge in [-0.1, -0.05) is 39.7 Å². The van der Waals surface area contributed by atoms with Gasteiger partial charge >= 0.3 is 0 Å². The van der Waals surface area contributed by atoms with Gasteiger partial charge < -0.3 is 10.2 Å². The van der Waals surface area contributed by atoms with E-state index < -0.39 is 58.2 Å². The van der Waals surface area contributed by atoms with Crippen LogP contribution in [0.2, 0.25) is 0 Å². The lowest BCUT2D eigenvalue weighted by Crippen LogP contribution is -2.68. The highest BCUT2D eigenvalue weighted by Gasteiger charge is 2.66. The molecule has 2 N–H and O–H groups in total. The lowest BCUT2D eigenvalue weighted by atomic mass is 9.53. The van der Waals surface area contributed by atoms with Crippen molar-refractivity contribution >= 4 is 28.9 Å². The number of phenols is 1. The standard InChI is InChI=1S/C29H34O7/c1-14(2)17-6-7-19(30)23-18(17)11-15-10-16-12-20(31)24(21(32)13-28(3)8-4-5-9-28)27(35)29(16,36)26(34)22(15)25(23)33/h6-7,14-16,22,24,30,36H,4-5,8-13H2,1-3H3/t15-,16+,22?,24?,29+/m1/s1. The average Bonchev–Trinajstić information content (AvgIpc) is 3.21. The summed E-state index contributed by atoms with van der Waals surface area (Å²) in [7, 11) is 0. The molecule has 0 radical (unpaired) electrons. The zero-order valence-electron chi connectivity index (χ0n) is 21.1. The van der Waals surface area contributed by atoms with Crippen molar-refractivity contribution in [3.05, 3.63) is 28.8 Å². The quantitative estimate of drug-likeness (QED) is 0.614. The fourth-order valence-electron chi connectivity index (χ4n) is 7.50. The largest absolute Gasteiger partial charge is 0.507 e. The summed E-state index contributed by atoms with van der Waals surface area (Å²) in [5.74, 6) is -8.14. The number of phenolic OH excluding ortho intramolecular Hbond substituents is 1. The fourth-order valence-corrected chi connectivity index (χ4v) is 7.50. The molecule has 0 amide bonds. The molecule has 0 aliphatic heterocycles. The van der Waals surface area contributed by atoms with Gasteiger partial charge in [0.1, 0.15) is 11.7 Å². The second-order valence-corrected chi connectivity index (χ2v) is 12.2. The van der Waals surface area contributed by atoms with Gasteiger partial charge in [-0.3, -0.25) is 24.0 Å². The van der Waals surface area contributed by atoms with Crippen LogP contribution in [-0.4, -0.2) is 44.7 Å². The maximum Gasteiger partial charge on any atom is 0.190 e. The van der Waals surface area contributed by atoms with Crippen molar-refractivity contribution in [1.82, 2.24) is 0 Å². The van der Waals surface area contributed by atoms with Crippen molar-refractivity contribution in [3.8, 4) is 5.75 Å². The topological polar surface area (TPSA) is 126 Å². The number of Topliss-reactive ketones (excluding diaryl/α,β-unsaturated/α-hetero) is 5. The van der Waals surface area contributed by atoms with Crippen LogP contribution in [-0.2, 0) is 25.6 Å². The van der Waals surface area contributed by atoms with E-state index in [4.69, 9.17) is 0 Å². The predicted octanol–water partition coefficient (Wildman–Crippen LogP) is 3.50. The van der Waals surface area contributed by atoms with Crippen LogP contribution in [0.15, 0.2) is 12.1 Å². The Hall–Kier alpha value is -2.67. The molecule has 3 saturated carbocycles. The Kier molecular flexibility index (Phi) is 5.86. The first kappa shape index (κ1) is 25.0. The van der Waals surface area contributed by atoms with Gasteiger partial charge in [0, 0.05) is 18.8 Å². The second-order valence-electron chi connectivity index (χ2n) is 12.2. The summed E-state index contributed by atoms with van der Waals surface area (Å²) in [5.41, 5.74) is -1.14. The van der Waals surface area contributed by atoms with Gasteiger partial charge in [0.15, 0.2) is 34.5 Å². The number of rotatable bonds is 4. The third-order valence-corrected chi connectivity index (χ3v) is 9.39. The van der Waals surface area contributed by atoms with Crippen molar-refractivity contribution in [3.63, 3.8) is 0 Å². The second kappa shape index (κ2) is 8.44. The van der Waals surface area contributed by atoms with Gasteiger partial charge in [-0.25, -0.2) is 0 Å². The van der Waals surface area contributed by atoms with Crippen molar-refractivity contribution in [2.24, 2.45) is 29.1 Å². The summed E-state index contributed by atoms with van der Waals surface area (Å²) >= 11 is 0. The van der Waals surface area contributed by atoms with E-state index in [1.807, 2.05) is 20.8 Å². The van der Waals surface area contributed by atoms with Gasteiger partial charge in [-0.2, -0.15) is 0 Å². The van der Waals surface area contributed by atoms with Gasteiger partial charge in [-0.15, -0.1) is 0 Å². The summed E-state index contributed by atoms with van der Waals surface area (Å²) in [4.78, 5) is 67.2. The molecule has 0 aromatic heterocycles. The molecular weight excluding hydrogens is 460 g/mol. The number of carbonyl (C=O) groups excluding carboxylic acids is 5. The van der Waals surface area contributed by atoms with Crippen LogP contribution in [0.25, 0.3) is 0 Å². The molecule has 0 heterocycles. The Labute approximate surface area is 210 Å². The summed E-state index contributed by atoms with van der Waals surface area (Å²) in [6.07, 6.45) is 3.96. The molecule has 5 atom stereocenters. The van der Waals surface area contributed by atoms with Crippen molar-refractivity contribution in [2.45, 2.75) is 83.7 Å². The SMILES string of the molecule is CC(C)c1ccc(O)c2c1C[C@H]1C[C@H]3CC(=O)C(C(=O)CC4(C)CCCC4)C(=O)[C@@]3(O)C(=O)C1C2=O. The van der Waals surface area contributed by atoms with Crippen molar-refractivity contribution < 1.29 is 34.2 Å². The summed E-state index contributed by atoms with van der Waals surface area (Å²) in [6.45, 7) is 5.94. The highest BCUT2D eigenvalue weighted by molar-refractivity contribution is 6.31. The molecular formula is C29H34O7. The van der Waals surface area contributed by atoms with E-state index in [-0.39, 0.29) is 41.9 Å². The molecule has 5 rings (SSSR count). The average molecular weight is 495 g/mol. The van der Waals surface area contributed by atoms with Crippen LogP contribution >= 0.6 is 0 Å². The number of hydrogen-bond donors (Lipinski definition) is 2. The summed E-state index contributed by atoms with van der Waals surface area (Å²) < 4.78 is 0. The highest BCUT2D eigenvalue weighted by atomic mass is 16.3. The Balaban J connectivity index is 1.50. The molecule has 1 aromatic carbocycles. The Morgan fingerprint density at radius 1 is 1.06 bits per heavy atom. The molecule has 36 heavy (non-hydrogen) atoms.